The van der Waals surface area contributed by atoms with Gasteiger partial charge < -0.3 is 14.2 Å². The van der Waals surface area contributed by atoms with Crippen LogP contribution in [0.2, 0.25) is 0 Å². The Balaban J connectivity index is 1.94. The average molecular weight is 579 g/mol. The second-order valence-electron chi connectivity index (χ2n) is 9.12. The van der Waals surface area contributed by atoms with Crippen molar-refractivity contribution in [1.82, 2.24) is 0 Å². The molecule has 2 aromatic rings. The van der Waals surface area contributed by atoms with Crippen LogP contribution in [0.5, 0.6) is 0 Å². The van der Waals surface area contributed by atoms with Crippen LogP contribution in [0.1, 0.15) is 66.2 Å². The van der Waals surface area contributed by atoms with Crippen LogP contribution in [0.4, 0.5) is 0 Å². The molecule has 0 aliphatic carbocycles. The van der Waals surface area contributed by atoms with E-state index in [1.165, 1.54) is 7.11 Å². The fourth-order valence-electron chi connectivity index (χ4n) is 3.47. The van der Waals surface area contributed by atoms with E-state index in [0.717, 1.165) is 12.8 Å². The summed E-state index contributed by atoms with van der Waals surface area (Å²) < 4.78 is 15.9. The summed E-state index contributed by atoms with van der Waals surface area (Å²) in [5.41, 5.74) is 0.953. The average Bonchev–Trinajstić information content (AvgIpc) is 3.04. The molecule has 2 rings (SSSR count). The van der Waals surface area contributed by atoms with Crippen molar-refractivity contribution in [1.29, 1.82) is 0 Å². The molecule has 0 saturated carbocycles. The fourth-order valence-corrected chi connectivity index (χ4v) is 3.47. The lowest BCUT2D eigenvalue weighted by Gasteiger charge is -2.12. The number of rotatable bonds is 14. The molecular weight excluding hydrogens is 540 g/mol. The van der Waals surface area contributed by atoms with E-state index in [1.807, 2.05) is 36.4 Å². The van der Waals surface area contributed by atoms with Crippen LogP contribution in [0, 0.1) is 23.7 Å². The standard InChI is InChI=1S/C37H38O6/c1-3-4-13-26-33(42-36(39)31-22-14-10-15-23-31)27-18-8-6-5-7-9-19-28-34(29-20-12-21-30-35(38)41-2)43-37(40)32-24-16-11-17-25-32/h10-20,22-28,33-34H,3-5,21,29-30H2,1-2H3/b20-12-,26-13-,27-18+,28-19+/t33-,34+/m0/s1. The number of esters is 3. The smallest absolute Gasteiger partial charge is 0.339 e. The molecule has 0 N–H and O–H groups in total. The molecule has 0 aliphatic rings. The second-order valence-corrected chi connectivity index (χ2v) is 9.12. The molecule has 6 heteroatoms. The molecule has 6 nitrogen and oxygen atoms in total. The summed E-state index contributed by atoms with van der Waals surface area (Å²) in [4.78, 5) is 36.2. The van der Waals surface area contributed by atoms with Crippen molar-refractivity contribution in [3.8, 4) is 23.7 Å². The van der Waals surface area contributed by atoms with E-state index in [4.69, 9.17) is 9.47 Å². The number of carbonyl (C=O) groups is 3. The highest BCUT2D eigenvalue weighted by atomic mass is 16.5. The molecule has 2 atom stereocenters. The number of unbranched alkanes of at least 4 members (excludes halogenated alkanes) is 1. The third-order valence-corrected chi connectivity index (χ3v) is 5.72. The molecule has 0 aromatic heterocycles. The molecule has 0 fully saturated rings. The van der Waals surface area contributed by atoms with Crippen LogP contribution in [-0.2, 0) is 19.0 Å². The normalized spacial score (nSPS) is 12.3. The van der Waals surface area contributed by atoms with Gasteiger partial charge in [0.25, 0.3) is 0 Å². The van der Waals surface area contributed by atoms with Crippen molar-refractivity contribution in [3.05, 3.63) is 120 Å². The molecule has 0 aliphatic heterocycles. The summed E-state index contributed by atoms with van der Waals surface area (Å²) in [5, 5.41) is 0. The summed E-state index contributed by atoms with van der Waals surface area (Å²) >= 11 is 0. The van der Waals surface area contributed by atoms with Crippen LogP contribution < -0.4 is 0 Å². The predicted molar refractivity (Wildman–Crippen MR) is 169 cm³/mol. The second kappa shape index (κ2) is 21.6. The molecule has 0 spiro atoms. The Labute approximate surface area is 255 Å². The first kappa shape index (κ1) is 34.1. The number of benzene rings is 2. The van der Waals surface area contributed by atoms with Gasteiger partial charge in [-0.05, 0) is 67.5 Å². The van der Waals surface area contributed by atoms with Gasteiger partial charge in [-0.25, -0.2) is 9.59 Å². The zero-order valence-corrected chi connectivity index (χ0v) is 24.7. The molecule has 0 unspecified atom stereocenters. The highest BCUT2D eigenvalue weighted by molar-refractivity contribution is 5.90. The van der Waals surface area contributed by atoms with Crippen molar-refractivity contribution >= 4 is 17.9 Å². The molecule has 43 heavy (non-hydrogen) atoms. The third-order valence-electron chi connectivity index (χ3n) is 5.72. The Morgan fingerprint density at radius 1 is 0.744 bits per heavy atom. The van der Waals surface area contributed by atoms with E-state index in [2.05, 4.69) is 35.3 Å². The zero-order valence-electron chi connectivity index (χ0n) is 24.7. The van der Waals surface area contributed by atoms with E-state index in [0.29, 0.717) is 30.4 Å². The maximum atomic E-state index is 12.5. The van der Waals surface area contributed by atoms with Crippen LogP contribution in [0.15, 0.2) is 109 Å². The van der Waals surface area contributed by atoms with E-state index in [9.17, 15) is 14.4 Å². The van der Waals surface area contributed by atoms with Gasteiger partial charge in [0.1, 0.15) is 12.2 Å². The van der Waals surface area contributed by atoms with Crippen molar-refractivity contribution in [3.63, 3.8) is 0 Å². The summed E-state index contributed by atoms with van der Waals surface area (Å²) in [5.74, 6) is 10.6. The third kappa shape index (κ3) is 15.5. The highest BCUT2D eigenvalue weighted by Crippen LogP contribution is 2.10. The summed E-state index contributed by atoms with van der Waals surface area (Å²) in [6, 6.07) is 17.6. The quantitative estimate of drug-likeness (QED) is 0.102. The monoisotopic (exact) mass is 578 g/mol. The summed E-state index contributed by atoms with van der Waals surface area (Å²) in [7, 11) is 1.36. The molecule has 0 saturated heterocycles. The van der Waals surface area contributed by atoms with E-state index < -0.39 is 24.1 Å². The minimum Gasteiger partial charge on any atom is -0.469 e. The molecule has 0 bridgehead atoms. The first-order valence-electron chi connectivity index (χ1n) is 14.2. The SMILES string of the molecule is CCC/C=C\[C@@H](/C=C/C#CCC#C/C=C/[C@H](C/C=C\CCC(=O)OC)OC(=O)c1ccccc1)OC(=O)c1ccccc1. The Kier molecular flexibility index (Phi) is 17.2. The first-order valence-corrected chi connectivity index (χ1v) is 14.2. The maximum Gasteiger partial charge on any atom is 0.339 e. The predicted octanol–water partition coefficient (Wildman–Crippen LogP) is 7.20. The van der Waals surface area contributed by atoms with Crippen molar-refractivity contribution in [2.24, 2.45) is 0 Å². The van der Waals surface area contributed by atoms with Crippen LogP contribution in [0.3, 0.4) is 0 Å². The molecule has 0 radical (unpaired) electrons. The largest absolute Gasteiger partial charge is 0.469 e. The minimum absolute atomic E-state index is 0.277. The summed E-state index contributed by atoms with van der Waals surface area (Å²) in [6.07, 6.45) is 16.7. The van der Waals surface area contributed by atoms with Gasteiger partial charge in [0, 0.05) is 12.8 Å². The van der Waals surface area contributed by atoms with Crippen molar-refractivity contribution in [2.75, 3.05) is 7.11 Å². The lowest BCUT2D eigenvalue weighted by atomic mass is 10.2. The fraction of sp³-hybridized carbons (Fsp3) is 0.270. The first-order chi connectivity index (χ1) is 21.0. The Morgan fingerprint density at radius 3 is 1.95 bits per heavy atom. The van der Waals surface area contributed by atoms with Gasteiger partial charge >= 0.3 is 17.9 Å². The van der Waals surface area contributed by atoms with E-state index in [-0.39, 0.29) is 12.4 Å². The minimum atomic E-state index is -0.526. The van der Waals surface area contributed by atoms with Gasteiger partial charge in [0.2, 0.25) is 0 Å². The molecule has 222 valence electrons. The Morgan fingerprint density at radius 2 is 1.35 bits per heavy atom. The lowest BCUT2D eigenvalue weighted by Crippen LogP contribution is -2.15. The molecular formula is C37H38O6. The Bertz CT molecular complexity index is 1380. The number of carbonyl (C=O) groups excluding carboxylic acids is 3. The molecule has 0 amide bonds. The van der Waals surface area contributed by atoms with Crippen LogP contribution in [0.25, 0.3) is 0 Å². The van der Waals surface area contributed by atoms with Gasteiger partial charge in [-0.2, -0.15) is 0 Å². The number of methoxy groups -OCH3 is 1. The van der Waals surface area contributed by atoms with Crippen molar-refractivity contribution in [2.45, 2.75) is 57.7 Å². The Hall–Kier alpha value is -5.07. The maximum absolute atomic E-state index is 12.5. The van der Waals surface area contributed by atoms with E-state index >= 15 is 0 Å². The van der Waals surface area contributed by atoms with Gasteiger partial charge in [-0.1, -0.05) is 91.7 Å². The van der Waals surface area contributed by atoms with Crippen molar-refractivity contribution < 1.29 is 28.6 Å². The topological polar surface area (TPSA) is 78.9 Å². The van der Waals surface area contributed by atoms with Gasteiger partial charge in [0.15, 0.2) is 0 Å². The van der Waals surface area contributed by atoms with Crippen LogP contribution in [-0.4, -0.2) is 37.2 Å². The van der Waals surface area contributed by atoms with Gasteiger partial charge in [-0.3, -0.25) is 4.79 Å². The highest BCUT2D eigenvalue weighted by Gasteiger charge is 2.12. The number of hydrogen-bond donors (Lipinski definition) is 0. The molecule has 0 heterocycles. The number of allylic oxidation sites excluding steroid dienone is 4. The van der Waals surface area contributed by atoms with Gasteiger partial charge in [0.05, 0.1) is 24.7 Å². The van der Waals surface area contributed by atoms with Gasteiger partial charge in [-0.15, -0.1) is 0 Å². The van der Waals surface area contributed by atoms with E-state index in [1.54, 1.807) is 72.8 Å². The lowest BCUT2D eigenvalue weighted by molar-refractivity contribution is -0.140. The number of hydrogen-bond acceptors (Lipinski definition) is 6. The molecule has 2 aromatic carbocycles. The zero-order chi connectivity index (χ0) is 31.0. The number of ether oxygens (including phenoxy) is 3. The summed E-state index contributed by atoms with van der Waals surface area (Å²) in [6.45, 7) is 2.08. The van der Waals surface area contributed by atoms with Crippen LogP contribution >= 0.6 is 0 Å².